The number of hydrogen-bond acceptors (Lipinski definition) is 4. The second-order valence-corrected chi connectivity index (χ2v) is 5.15. The van der Waals surface area contributed by atoms with Crippen molar-refractivity contribution in [3.05, 3.63) is 63.8 Å². The van der Waals surface area contributed by atoms with Crippen molar-refractivity contribution in [2.45, 2.75) is 19.9 Å². The van der Waals surface area contributed by atoms with E-state index in [1.165, 1.54) is 24.3 Å². The summed E-state index contributed by atoms with van der Waals surface area (Å²) in [5, 5.41) is 6.77. The highest BCUT2D eigenvalue weighted by molar-refractivity contribution is 5.91. The molecular weight excluding hydrogens is 313 g/mol. The van der Waals surface area contributed by atoms with E-state index in [4.69, 9.17) is 4.74 Å². The molecule has 128 valence electrons. The molecule has 24 heavy (non-hydrogen) atoms. The molecule has 0 atom stereocenters. The molecule has 1 aromatic heterocycles. The summed E-state index contributed by atoms with van der Waals surface area (Å²) < 4.78 is 19.6. The average Bonchev–Trinajstić information content (AvgIpc) is 2.56. The van der Waals surface area contributed by atoms with Crippen LogP contribution in [0.25, 0.3) is 0 Å². The summed E-state index contributed by atoms with van der Waals surface area (Å²) in [5.41, 5.74) is 0.383. The van der Waals surface area contributed by atoms with Gasteiger partial charge >= 0.3 is 0 Å². The lowest BCUT2D eigenvalue weighted by Crippen LogP contribution is -2.30. The third kappa shape index (κ3) is 5.27. The van der Waals surface area contributed by atoms with Crippen molar-refractivity contribution in [3.8, 4) is 0 Å². The SMILES string of the molecule is CCOCCCNC(=O)c1ccc(=O)n(Cc2cccc(F)c2)n1. The lowest BCUT2D eigenvalue weighted by Gasteiger charge is -2.08. The van der Waals surface area contributed by atoms with Crippen LogP contribution in [0, 0.1) is 5.82 Å². The van der Waals surface area contributed by atoms with Crippen molar-refractivity contribution >= 4 is 5.91 Å². The van der Waals surface area contributed by atoms with Crippen molar-refractivity contribution in [2.24, 2.45) is 0 Å². The number of carbonyl (C=O) groups is 1. The number of hydrogen-bond donors (Lipinski definition) is 1. The Hall–Kier alpha value is -2.54. The Kier molecular flexibility index (Phi) is 6.62. The topological polar surface area (TPSA) is 73.2 Å². The van der Waals surface area contributed by atoms with Crippen LogP contribution in [0.5, 0.6) is 0 Å². The highest BCUT2D eigenvalue weighted by atomic mass is 19.1. The summed E-state index contributed by atoms with van der Waals surface area (Å²) in [6, 6.07) is 8.56. The standard InChI is InChI=1S/C17H20FN3O3/c1-2-24-10-4-9-19-17(23)15-7-8-16(22)21(20-15)12-13-5-3-6-14(18)11-13/h3,5-8,11H,2,4,9-10,12H2,1H3,(H,19,23). The van der Waals surface area contributed by atoms with E-state index >= 15 is 0 Å². The van der Waals surface area contributed by atoms with E-state index < -0.39 is 0 Å². The number of rotatable bonds is 8. The normalized spacial score (nSPS) is 10.6. The summed E-state index contributed by atoms with van der Waals surface area (Å²) in [5.74, 6) is -0.747. The van der Waals surface area contributed by atoms with Gasteiger partial charge in [0, 0.05) is 25.8 Å². The van der Waals surface area contributed by atoms with Crippen LogP contribution < -0.4 is 10.9 Å². The fourth-order valence-corrected chi connectivity index (χ4v) is 2.10. The maximum absolute atomic E-state index is 13.2. The minimum Gasteiger partial charge on any atom is -0.382 e. The zero-order valence-corrected chi connectivity index (χ0v) is 13.5. The van der Waals surface area contributed by atoms with Crippen LogP contribution >= 0.6 is 0 Å². The second kappa shape index (κ2) is 8.93. The van der Waals surface area contributed by atoms with Crippen LogP contribution in [0.15, 0.2) is 41.2 Å². The highest BCUT2D eigenvalue weighted by Crippen LogP contribution is 2.04. The number of amides is 1. The number of carbonyl (C=O) groups excluding carboxylic acids is 1. The molecule has 1 amide bonds. The van der Waals surface area contributed by atoms with Gasteiger partial charge in [0.1, 0.15) is 11.5 Å². The predicted molar refractivity (Wildman–Crippen MR) is 87.4 cm³/mol. The van der Waals surface area contributed by atoms with Crippen LogP contribution in [0.4, 0.5) is 4.39 Å². The fraction of sp³-hybridized carbons (Fsp3) is 0.353. The van der Waals surface area contributed by atoms with Crippen LogP contribution in [0.2, 0.25) is 0 Å². The maximum Gasteiger partial charge on any atom is 0.271 e. The first-order valence-electron chi connectivity index (χ1n) is 7.78. The molecule has 0 spiro atoms. The number of nitrogens with one attached hydrogen (secondary N) is 1. The molecule has 6 nitrogen and oxygen atoms in total. The molecule has 1 N–H and O–H groups in total. The van der Waals surface area contributed by atoms with Crippen molar-refractivity contribution in [3.63, 3.8) is 0 Å². The predicted octanol–water partition coefficient (Wildman–Crippen LogP) is 1.59. The third-order valence-corrected chi connectivity index (χ3v) is 3.28. The van der Waals surface area contributed by atoms with Gasteiger partial charge in [-0.05, 0) is 37.1 Å². The molecule has 7 heteroatoms. The van der Waals surface area contributed by atoms with Gasteiger partial charge in [-0.25, -0.2) is 9.07 Å². The molecule has 0 fully saturated rings. The third-order valence-electron chi connectivity index (χ3n) is 3.28. The van der Waals surface area contributed by atoms with Gasteiger partial charge in [-0.1, -0.05) is 12.1 Å². The van der Waals surface area contributed by atoms with Gasteiger partial charge in [-0.15, -0.1) is 0 Å². The van der Waals surface area contributed by atoms with Crippen molar-refractivity contribution in [1.82, 2.24) is 15.1 Å². The molecule has 0 saturated carbocycles. The minimum absolute atomic E-state index is 0.0993. The Morgan fingerprint density at radius 2 is 2.17 bits per heavy atom. The monoisotopic (exact) mass is 333 g/mol. The first kappa shape index (κ1) is 17.8. The Morgan fingerprint density at radius 3 is 2.92 bits per heavy atom. The smallest absolute Gasteiger partial charge is 0.271 e. The molecule has 0 unspecified atom stereocenters. The van der Waals surface area contributed by atoms with Crippen LogP contribution in [0.3, 0.4) is 0 Å². The summed E-state index contributed by atoms with van der Waals surface area (Å²) in [6.45, 7) is 3.68. The van der Waals surface area contributed by atoms with Crippen LogP contribution in [-0.2, 0) is 11.3 Å². The number of nitrogens with zero attached hydrogens (tertiary/aromatic N) is 2. The molecule has 0 aliphatic carbocycles. The first-order valence-corrected chi connectivity index (χ1v) is 7.78. The molecule has 0 radical (unpaired) electrons. The Bertz CT molecular complexity index is 746. The van der Waals surface area contributed by atoms with Gasteiger partial charge < -0.3 is 10.1 Å². The minimum atomic E-state index is -0.385. The Balaban J connectivity index is 2.02. The largest absolute Gasteiger partial charge is 0.382 e. The molecule has 0 aliphatic rings. The fourth-order valence-electron chi connectivity index (χ4n) is 2.10. The van der Waals surface area contributed by atoms with Gasteiger partial charge in [0.25, 0.3) is 11.5 Å². The van der Waals surface area contributed by atoms with Gasteiger partial charge in [-0.3, -0.25) is 9.59 Å². The van der Waals surface area contributed by atoms with E-state index in [2.05, 4.69) is 10.4 Å². The van der Waals surface area contributed by atoms with E-state index in [-0.39, 0.29) is 29.5 Å². The molecule has 1 heterocycles. The molecule has 2 rings (SSSR count). The lowest BCUT2D eigenvalue weighted by atomic mass is 10.2. The van der Waals surface area contributed by atoms with Crippen molar-refractivity contribution in [2.75, 3.05) is 19.8 Å². The number of ether oxygens (including phenoxy) is 1. The van der Waals surface area contributed by atoms with Crippen LogP contribution in [-0.4, -0.2) is 35.4 Å². The quantitative estimate of drug-likeness (QED) is 0.745. The van der Waals surface area contributed by atoms with Gasteiger partial charge in [0.05, 0.1) is 6.54 Å². The molecule has 1 aromatic carbocycles. The zero-order chi connectivity index (χ0) is 17.4. The number of benzene rings is 1. The van der Waals surface area contributed by atoms with Gasteiger partial charge in [-0.2, -0.15) is 5.10 Å². The second-order valence-electron chi connectivity index (χ2n) is 5.15. The van der Waals surface area contributed by atoms with Crippen LogP contribution in [0.1, 0.15) is 29.4 Å². The Labute approximate surface area is 139 Å². The maximum atomic E-state index is 13.2. The van der Waals surface area contributed by atoms with E-state index in [0.29, 0.717) is 31.7 Å². The summed E-state index contributed by atoms with van der Waals surface area (Å²) in [4.78, 5) is 23.9. The summed E-state index contributed by atoms with van der Waals surface area (Å²) in [6.07, 6.45) is 0.697. The molecule has 0 aliphatic heterocycles. The lowest BCUT2D eigenvalue weighted by molar-refractivity contribution is 0.0937. The Morgan fingerprint density at radius 1 is 1.33 bits per heavy atom. The highest BCUT2D eigenvalue weighted by Gasteiger charge is 2.09. The number of aromatic nitrogens is 2. The van der Waals surface area contributed by atoms with Gasteiger partial charge in [0.15, 0.2) is 0 Å². The molecule has 2 aromatic rings. The number of halogens is 1. The van der Waals surface area contributed by atoms with Crippen molar-refractivity contribution in [1.29, 1.82) is 0 Å². The molecule has 0 bridgehead atoms. The van der Waals surface area contributed by atoms with E-state index in [1.807, 2.05) is 6.92 Å². The van der Waals surface area contributed by atoms with Gasteiger partial charge in [0.2, 0.25) is 0 Å². The van der Waals surface area contributed by atoms with E-state index in [9.17, 15) is 14.0 Å². The first-order chi connectivity index (χ1) is 11.6. The summed E-state index contributed by atoms with van der Waals surface area (Å²) in [7, 11) is 0. The molecule has 0 saturated heterocycles. The van der Waals surface area contributed by atoms with E-state index in [1.54, 1.807) is 12.1 Å². The van der Waals surface area contributed by atoms with E-state index in [0.717, 1.165) is 4.68 Å². The van der Waals surface area contributed by atoms with Crippen molar-refractivity contribution < 1.29 is 13.9 Å². The average molecular weight is 333 g/mol. The summed E-state index contributed by atoms with van der Waals surface area (Å²) >= 11 is 0. The molecular formula is C17H20FN3O3. The zero-order valence-electron chi connectivity index (χ0n) is 13.5.